The minimum atomic E-state index is -0.822. The van der Waals surface area contributed by atoms with Crippen LogP contribution in [0.5, 0.6) is 0 Å². The average molecular weight is 247 g/mol. The predicted molar refractivity (Wildman–Crippen MR) is 72.9 cm³/mol. The van der Waals surface area contributed by atoms with Crippen LogP contribution in [-0.2, 0) is 16.0 Å². The maximum atomic E-state index is 12.2. The molecule has 1 aromatic rings. The van der Waals surface area contributed by atoms with Gasteiger partial charge in [0.1, 0.15) is 5.41 Å². The van der Waals surface area contributed by atoms with Crippen molar-refractivity contribution in [1.29, 1.82) is 5.41 Å². The Kier molecular flexibility index (Phi) is 5.08. The minimum absolute atomic E-state index is 0.288. The third-order valence-corrected chi connectivity index (χ3v) is 3.34. The second-order valence-corrected chi connectivity index (χ2v) is 4.44. The fourth-order valence-electron chi connectivity index (χ4n) is 2.11. The molecule has 98 valence electrons. The van der Waals surface area contributed by atoms with Crippen molar-refractivity contribution < 1.29 is 9.53 Å². The Morgan fingerprint density at radius 3 is 2.33 bits per heavy atom. The summed E-state index contributed by atoms with van der Waals surface area (Å²) in [5.74, 6) is -0.288. The van der Waals surface area contributed by atoms with Gasteiger partial charge < -0.3 is 10.1 Å². The molecule has 0 fully saturated rings. The molecule has 1 unspecified atom stereocenters. The van der Waals surface area contributed by atoms with E-state index in [9.17, 15) is 4.79 Å². The molecule has 0 aromatic heterocycles. The Morgan fingerprint density at radius 2 is 1.89 bits per heavy atom. The van der Waals surface area contributed by atoms with Gasteiger partial charge in [0.05, 0.1) is 6.61 Å². The third-order valence-electron chi connectivity index (χ3n) is 3.34. The van der Waals surface area contributed by atoms with E-state index in [1.165, 1.54) is 0 Å². The smallest absolute Gasteiger partial charge is 0.318 e. The summed E-state index contributed by atoms with van der Waals surface area (Å²) in [6, 6.07) is 9.79. The molecular weight excluding hydrogens is 226 g/mol. The normalized spacial score (nSPS) is 13.7. The number of rotatable bonds is 6. The number of benzene rings is 1. The lowest BCUT2D eigenvalue weighted by Crippen LogP contribution is -2.40. The molecule has 0 radical (unpaired) electrons. The first kappa shape index (κ1) is 14.4. The van der Waals surface area contributed by atoms with Gasteiger partial charge in [-0.25, -0.2) is 0 Å². The highest BCUT2D eigenvalue weighted by molar-refractivity contribution is 6.04. The fourth-order valence-corrected chi connectivity index (χ4v) is 2.11. The van der Waals surface area contributed by atoms with Crippen LogP contribution in [0.25, 0.3) is 0 Å². The highest BCUT2D eigenvalue weighted by Crippen LogP contribution is 2.30. The number of hydrogen-bond acceptors (Lipinski definition) is 3. The summed E-state index contributed by atoms with van der Waals surface area (Å²) in [5.41, 5.74) is 0.600. The van der Waals surface area contributed by atoms with E-state index < -0.39 is 5.41 Å². The van der Waals surface area contributed by atoms with Crippen molar-refractivity contribution >= 4 is 11.7 Å². The van der Waals surface area contributed by atoms with Crippen molar-refractivity contribution in [2.45, 2.75) is 33.6 Å². The first-order chi connectivity index (χ1) is 8.56. The topological polar surface area (TPSA) is 50.2 Å². The van der Waals surface area contributed by atoms with Gasteiger partial charge in [0.15, 0.2) is 0 Å². The summed E-state index contributed by atoms with van der Waals surface area (Å²) in [7, 11) is 0. The molecule has 1 atom stereocenters. The zero-order chi connectivity index (χ0) is 13.6. The quantitative estimate of drug-likeness (QED) is 0.619. The Morgan fingerprint density at radius 1 is 1.28 bits per heavy atom. The van der Waals surface area contributed by atoms with Crippen molar-refractivity contribution in [3.63, 3.8) is 0 Å². The fraction of sp³-hybridized carbons (Fsp3) is 0.467. The molecule has 0 saturated heterocycles. The van der Waals surface area contributed by atoms with Gasteiger partial charge >= 0.3 is 5.97 Å². The van der Waals surface area contributed by atoms with Crippen LogP contribution in [0.1, 0.15) is 32.8 Å². The maximum absolute atomic E-state index is 12.2. The highest BCUT2D eigenvalue weighted by Gasteiger charge is 2.40. The predicted octanol–water partition coefficient (Wildman–Crippen LogP) is 3.23. The van der Waals surface area contributed by atoms with Crippen molar-refractivity contribution in [3.05, 3.63) is 35.9 Å². The minimum Gasteiger partial charge on any atom is -0.465 e. The first-order valence-corrected chi connectivity index (χ1v) is 6.33. The van der Waals surface area contributed by atoms with Crippen LogP contribution >= 0.6 is 0 Å². The average Bonchev–Trinajstić information content (AvgIpc) is 2.37. The van der Waals surface area contributed by atoms with Crippen LogP contribution in [0.3, 0.4) is 0 Å². The first-order valence-electron chi connectivity index (χ1n) is 6.33. The van der Waals surface area contributed by atoms with Gasteiger partial charge in [-0.3, -0.25) is 4.79 Å². The van der Waals surface area contributed by atoms with E-state index >= 15 is 0 Å². The van der Waals surface area contributed by atoms with Crippen molar-refractivity contribution in [2.75, 3.05) is 6.61 Å². The van der Waals surface area contributed by atoms with Gasteiger partial charge in [0, 0.05) is 5.71 Å². The van der Waals surface area contributed by atoms with Gasteiger partial charge in [0.25, 0.3) is 0 Å². The van der Waals surface area contributed by atoms with E-state index in [4.69, 9.17) is 10.1 Å². The summed E-state index contributed by atoms with van der Waals surface area (Å²) >= 11 is 0. The molecule has 0 bridgehead atoms. The van der Waals surface area contributed by atoms with E-state index in [2.05, 4.69) is 0 Å². The van der Waals surface area contributed by atoms with E-state index in [1.54, 1.807) is 13.8 Å². The zero-order valence-electron chi connectivity index (χ0n) is 11.3. The van der Waals surface area contributed by atoms with E-state index in [0.717, 1.165) is 5.56 Å². The molecular formula is C15H21NO2. The molecule has 1 N–H and O–H groups in total. The van der Waals surface area contributed by atoms with Crippen molar-refractivity contribution in [2.24, 2.45) is 5.41 Å². The number of hydrogen-bond donors (Lipinski definition) is 1. The summed E-state index contributed by atoms with van der Waals surface area (Å²) in [4.78, 5) is 12.2. The van der Waals surface area contributed by atoms with Gasteiger partial charge in [-0.2, -0.15) is 0 Å². The van der Waals surface area contributed by atoms with E-state index in [0.29, 0.717) is 25.2 Å². The third kappa shape index (κ3) is 2.97. The van der Waals surface area contributed by atoms with Gasteiger partial charge in [-0.1, -0.05) is 37.3 Å². The molecule has 1 aromatic carbocycles. The lowest BCUT2D eigenvalue weighted by atomic mass is 9.75. The molecule has 3 heteroatoms. The summed E-state index contributed by atoms with van der Waals surface area (Å²) in [6.07, 6.45) is 1.11. The van der Waals surface area contributed by atoms with Crippen molar-refractivity contribution in [3.8, 4) is 0 Å². The zero-order valence-corrected chi connectivity index (χ0v) is 11.3. The molecule has 0 heterocycles. The van der Waals surface area contributed by atoms with Crippen LogP contribution in [0.15, 0.2) is 30.3 Å². The van der Waals surface area contributed by atoms with Gasteiger partial charge in [0.2, 0.25) is 0 Å². The molecule has 3 nitrogen and oxygen atoms in total. The van der Waals surface area contributed by atoms with Crippen LogP contribution in [0.4, 0.5) is 0 Å². The Hall–Kier alpha value is -1.64. The number of carbonyl (C=O) groups is 1. The van der Waals surface area contributed by atoms with E-state index in [1.807, 2.05) is 37.3 Å². The maximum Gasteiger partial charge on any atom is 0.318 e. The van der Waals surface area contributed by atoms with Gasteiger partial charge in [-0.15, -0.1) is 0 Å². The molecule has 0 aliphatic carbocycles. The largest absolute Gasteiger partial charge is 0.465 e. The second-order valence-electron chi connectivity index (χ2n) is 4.44. The number of nitrogens with one attached hydrogen (secondary N) is 1. The number of ether oxygens (including phenoxy) is 1. The van der Waals surface area contributed by atoms with Crippen LogP contribution in [-0.4, -0.2) is 18.3 Å². The monoisotopic (exact) mass is 247 g/mol. The number of esters is 1. The van der Waals surface area contributed by atoms with Gasteiger partial charge in [-0.05, 0) is 32.3 Å². The summed E-state index contributed by atoms with van der Waals surface area (Å²) in [6.45, 7) is 5.75. The Balaban J connectivity index is 3.05. The van der Waals surface area contributed by atoms with Crippen LogP contribution < -0.4 is 0 Å². The summed E-state index contributed by atoms with van der Waals surface area (Å²) < 4.78 is 5.15. The second kappa shape index (κ2) is 6.34. The Bertz CT molecular complexity index is 414. The standard InChI is InChI=1S/C15H21NO2/c1-4-15(12(3)16,14(17)18-5-2)11-13-9-7-6-8-10-13/h6-10,16H,4-5,11H2,1-3H3. The molecule has 0 spiro atoms. The lowest BCUT2D eigenvalue weighted by Gasteiger charge is -2.29. The summed E-state index contributed by atoms with van der Waals surface area (Å²) in [5, 5.41) is 7.96. The Labute approximate surface area is 109 Å². The van der Waals surface area contributed by atoms with Crippen LogP contribution in [0, 0.1) is 10.8 Å². The molecule has 18 heavy (non-hydrogen) atoms. The van der Waals surface area contributed by atoms with Crippen molar-refractivity contribution in [1.82, 2.24) is 0 Å². The molecule has 0 aliphatic heterocycles. The van der Waals surface area contributed by atoms with Crippen LogP contribution in [0.2, 0.25) is 0 Å². The number of carbonyl (C=O) groups excluding carboxylic acids is 1. The molecule has 1 rings (SSSR count). The van der Waals surface area contributed by atoms with E-state index in [-0.39, 0.29) is 5.97 Å². The lowest BCUT2D eigenvalue weighted by molar-refractivity contribution is -0.151. The SMILES string of the molecule is CCOC(=O)C(CC)(Cc1ccccc1)C(C)=N. The molecule has 0 saturated carbocycles. The molecule has 0 aliphatic rings. The molecule has 0 amide bonds. The highest BCUT2D eigenvalue weighted by atomic mass is 16.5.